The molecule has 0 saturated carbocycles. The number of hydrogen-bond donors (Lipinski definition) is 0. The first-order valence-corrected chi connectivity index (χ1v) is 10.5. The average Bonchev–Trinajstić information content (AvgIpc) is 2.67. The summed E-state index contributed by atoms with van der Waals surface area (Å²) < 4.78 is 37.2. The number of methoxy groups -OCH3 is 2. The summed E-state index contributed by atoms with van der Waals surface area (Å²) in [4.78, 5) is 4.35. The maximum atomic E-state index is 13.0. The Kier molecular flexibility index (Phi) is 5.82. The lowest BCUT2D eigenvalue weighted by molar-refractivity contribution is 0.402. The summed E-state index contributed by atoms with van der Waals surface area (Å²) in [7, 11) is -0.572. The second-order valence-corrected chi connectivity index (χ2v) is 8.71. The van der Waals surface area contributed by atoms with Crippen molar-refractivity contribution in [3.05, 3.63) is 71.0 Å². The molecule has 3 aromatic rings. The first-order valence-electron chi connectivity index (χ1n) is 8.08. The van der Waals surface area contributed by atoms with Crippen LogP contribution in [0.5, 0.6) is 11.5 Å². The molecule has 0 saturated heterocycles. The third-order valence-corrected chi connectivity index (χ3v) is 6.23. The lowest BCUT2D eigenvalue weighted by Gasteiger charge is -2.12. The number of para-hydroxylation sites is 1. The van der Waals surface area contributed by atoms with Crippen molar-refractivity contribution in [3.8, 4) is 22.6 Å². The van der Waals surface area contributed by atoms with Crippen LogP contribution in [0.1, 0.15) is 5.56 Å². The number of ether oxygens (including phenoxy) is 2. The van der Waals surface area contributed by atoms with E-state index < -0.39 is 9.84 Å². The SMILES string of the molecule is COc1ccccc1-c1cncc(CS(=O)(=O)c2cc(Br)ccc2OC)c1. The highest BCUT2D eigenvalue weighted by Crippen LogP contribution is 2.32. The van der Waals surface area contributed by atoms with Gasteiger partial charge in [-0.1, -0.05) is 34.1 Å². The number of aromatic nitrogens is 1. The molecule has 0 unspecified atom stereocenters. The van der Waals surface area contributed by atoms with Crippen molar-refractivity contribution < 1.29 is 17.9 Å². The van der Waals surface area contributed by atoms with Crippen molar-refractivity contribution in [2.24, 2.45) is 0 Å². The van der Waals surface area contributed by atoms with Gasteiger partial charge in [0.1, 0.15) is 16.4 Å². The van der Waals surface area contributed by atoms with Crippen LogP contribution in [0.15, 0.2) is 70.3 Å². The zero-order valence-corrected chi connectivity index (χ0v) is 17.2. The molecule has 0 atom stereocenters. The van der Waals surface area contributed by atoms with Crippen molar-refractivity contribution in [1.29, 1.82) is 0 Å². The summed E-state index contributed by atoms with van der Waals surface area (Å²) in [5.41, 5.74) is 2.23. The fourth-order valence-electron chi connectivity index (χ4n) is 2.79. The summed E-state index contributed by atoms with van der Waals surface area (Å²) in [6.45, 7) is 0. The maximum absolute atomic E-state index is 13.0. The van der Waals surface area contributed by atoms with Crippen LogP contribution in [0.3, 0.4) is 0 Å². The Morgan fingerprint density at radius 3 is 2.44 bits per heavy atom. The fraction of sp³-hybridized carbons (Fsp3) is 0.150. The van der Waals surface area contributed by atoms with Gasteiger partial charge >= 0.3 is 0 Å². The van der Waals surface area contributed by atoms with Crippen molar-refractivity contribution in [2.45, 2.75) is 10.6 Å². The van der Waals surface area contributed by atoms with E-state index in [0.717, 1.165) is 11.1 Å². The number of nitrogens with zero attached hydrogens (tertiary/aromatic N) is 1. The van der Waals surface area contributed by atoms with E-state index in [1.165, 1.54) is 7.11 Å². The molecule has 1 heterocycles. The third-order valence-electron chi connectivity index (χ3n) is 4.03. The van der Waals surface area contributed by atoms with Crippen molar-refractivity contribution in [2.75, 3.05) is 14.2 Å². The van der Waals surface area contributed by atoms with Gasteiger partial charge in [0, 0.05) is 28.0 Å². The van der Waals surface area contributed by atoms with Crippen LogP contribution < -0.4 is 9.47 Å². The van der Waals surface area contributed by atoms with E-state index in [1.807, 2.05) is 30.3 Å². The molecule has 0 bridgehead atoms. The molecule has 27 heavy (non-hydrogen) atoms. The number of pyridine rings is 1. The van der Waals surface area contributed by atoms with Gasteiger partial charge in [0.2, 0.25) is 0 Å². The van der Waals surface area contributed by atoms with E-state index in [2.05, 4.69) is 20.9 Å². The summed E-state index contributed by atoms with van der Waals surface area (Å²) in [6.07, 6.45) is 3.24. The first-order chi connectivity index (χ1) is 12.9. The lowest BCUT2D eigenvalue weighted by Crippen LogP contribution is -2.07. The van der Waals surface area contributed by atoms with Gasteiger partial charge < -0.3 is 9.47 Å². The fourth-order valence-corrected chi connectivity index (χ4v) is 4.82. The monoisotopic (exact) mass is 447 g/mol. The molecule has 0 aliphatic carbocycles. The van der Waals surface area contributed by atoms with Gasteiger partial charge in [-0.2, -0.15) is 0 Å². The van der Waals surface area contributed by atoms with Gasteiger partial charge in [0.25, 0.3) is 0 Å². The number of benzene rings is 2. The summed E-state index contributed by atoms with van der Waals surface area (Å²) in [5, 5.41) is 0. The highest BCUT2D eigenvalue weighted by atomic mass is 79.9. The highest BCUT2D eigenvalue weighted by Gasteiger charge is 2.21. The molecule has 0 fully saturated rings. The van der Waals surface area contributed by atoms with Gasteiger partial charge in [0.15, 0.2) is 9.84 Å². The Hall–Kier alpha value is -2.38. The minimum atomic E-state index is -3.62. The zero-order valence-electron chi connectivity index (χ0n) is 14.8. The summed E-state index contributed by atoms with van der Waals surface area (Å²) in [5.74, 6) is 0.829. The van der Waals surface area contributed by atoms with Crippen molar-refractivity contribution in [1.82, 2.24) is 4.98 Å². The number of rotatable bonds is 6. The molecule has 0 aliphatic heterocycles. The summed E-state index contributed by atoms with van der Waals surface area (Å²) in [6, 6.07) is 14.3. The van der Waals surface area contributed by atoms with Crippen LogP contribution in [0.25, 0.3) is 11.1 Å². The normalized spacial score (nSPS) is 11.2. The number of hydrogen-bond acceptors (Lipinski definition) is 5. The largest absolute Gasteiger partial charge is 0.496 e. The molecule has 0 N–H and O–H groups in total. The molecular formula is C20H18BrNO4S. The molecular weight excluding hydrogens is 430 g/mol. The van der Waals surface area contributed by atoms with Crippen molar-refractivity contribution >= 4 is 25.8 Å². The molecule has 0 amide bonds. The van der Waals surface area contributed by atoms with Gasteiger partial charge in [-0.15, -0.1) is 0 Å². The molecule has 0 spiro atoms. The standard InChI is InChI=1S/C20H18BrNO4S/c1-25-18-6-4-3-5-17(18)15-9-14(11-22-12-15)13-27(23,24)20-10-16(21)7-8-19(20)26-2/h3-12H,13H2,1-2H3. The smallest absolute Gasteiger partial charge is 0.186 e. The van der Waals surface area contributed by atoms with Crippen LogP contribution in [-0.4, -0.2) is 27.6 Å². The molecule has 140 valence electrons. The number of halogens is 1. The van der Waals surface area contributed by atoms with E-state index in [1.54, 1.807) is 37.7 Å². The molecule has 7 heteroatoms. The van der Waals surface area contributed by atoms with Gasteiger partial charge in [-0.05, 0) is 35.9 Å². The molecule has 0 aliphatic rings. The molecule has 0 radical (unpaired) electrons. The van der Waals surface area contributed by atoms with E-state index in [-0.39, 0.29) is 10.6 Å². The van der Waals surface area contributed by atoms with Crippen LogP contribution in [0.2, 0.25) is 0 Å². The minimum absolute atomic E-state index is 0.141. The van der Waals surface area contributed by atoms with E-state index in [0.29, 0.717) is 21.5 Å². The zero-order chi connectivity index (χ0) is 19.4. The number of sulfone groups is 1. The Labute approximate surface area is 167 Å². The van der Waals surface area contributed by atoms with E-state index in [4.69, 9.17) is 9.47 Å². The quantitative estimate of drug-likeness (QED) is 0.556. The highest BCUT2D eigenvalue weighted by molar-refractivity contribution is 9.10. The van der Waals surface area contributed by atoms with Crippen LogP contribution >= 0.6 is 15.9 Å². The third kappa shape index (κ3) is 4.31. The Balaban J connectivity index is 1.98. The lowest BCUT2D eigenvalue weighted by atomic mass is 10.1. The van der Waals surface area contributed by atoms with Gasteiger partial charge in [-0.3, -0.25) is 4.98 Å². The molecule has 5 nitrogen and oxygen atoms in total. The Morgan fingerprint density at radius 2 is 1.70 bits per heavy atom. The van der Waals surface area contributed by atoms with Gasteiger partial charge in [0.05, 0.1) is 20.0 Å². The van der Waals surface area contributed by atoms with Gasteiger partial charge in [-0.25, -0.2) is 8.42 Å². The van der Waals surface area contributed by atoms with Crippen LogP contribution in [0, 0.1) is 0 Å². The van der Waals surface area contributed by atoms with E-state index >= 15 is 0 Å². The maximum Gasteiger partial charge on any atom is 0.186 e. The van der Waals surface area contributed by atoms with Crippen molar-refractivity contribution in [3.63, 3.8) is 0 Å². The first kappa shape index (κ1) is 19.4. The second kappa shape index (κ2) is 8.10. The predicted octanol–water partition coefficient (Wildman–Crippen LogP) is 4.50. The predicted molar refractivity (Wildman–Crippen MR) is 108 cm³/mol. The average molecular weight is 448 g/mol. The molecule has 3 rings (SSSR count). The second-order valence-electron chi connectivity index (χ2n) is 5.84. The Morgan fingerprint density at radius 1 is 0.963 bits per heavy atom. The van der Waals surface area contributed by atoms with Crippen LogP contribution in [-0.2, 0) is 15.6 Å². The summed E-state index contributed by atoms with van der Waals surface area (Å²) >= 11 is 3.32. The van der Waals surface area contributed by atoms with Crippen LogP contribution in [0.4, 0.5) is 0 Å². The van der Waals surface area contributed by atoms with E-state index in [9.17, 15) is 8.42 Å². The topological polar surface area (TPSA) is 65.5 Å². The molecule has 2 aromatic carbocycles. The minimum Gasteiger partial charge on any atom is -0.496 e. The molecule has 1 aromatic heterocycles. The Bertz CT molecular complexity index is 1070.